The second kappa shape index (κ2) is 8.08. The van der Waals surface area contributed by atoms with Crippen LogP contribution in [0.15, 0.2) is 35.8 Å². The van der Waals surface area contributed by atoms with Gasteiger partial charge in [-0.3, -0.25) is 4.79 Å². The second-order valence-corrected chi connectivity index (χ2v) is 6.51. The van der Waals surface area contributed by atoms with Crippen molar-refractivity contribution in [2.24, 2.45) is 0 Å². The molecular formula is C17H21N3O2S. The number of carbonyl (C=O) groups excluding carboxylic acids is 1. The molecule has 1 aliphatic heterocycles. The van der Waals surface area contributed by atoms with Crippen molar-refractivity contribution in [3.63, 3.8) is 0 Å². The van der Waals surface area contributed by atoms with Gasteiger partial charge in [-0.05, 0) is 36.4 Å². The molecule has 6 heteroatoms. The summed E-state index contributed by atoms with van der Waals surface area (Å²) in [5.41, 5.74) is 1.07. The monoisotopic (exact) mass is 331 g/mol. The van der Waals surface area contributed by atoms with Gasteiger partial charge in [0.25, 0.3) is 0 Å². The van der Waals surface area contributed by atoms with Crippen molar-refractivity contribution >= 4 is 28.7 Å². The van der Waals surface area contributed by atoms with E-state index in [1.54, 1.807) is 11.3 Å². The molecule has 0 saturated carbocycles. The number of hydrogen-bond donors (Lipinski definition) is 1. The van der Waals surface area contributed by atoms with Crippen LogP contribution < -0.4 is 10.2 Å². The lowest BCUT2D eigenvalue weighted by Crippen LogP contribution is -2.36. The van der Waals surface area contributed by atoms with Gasteiger partial charge >= 0.3 is 0 Å². The third kappa shape index (κ3) is 4.77. The van der Waals surface area contributed by atoms with Crippen LogP contribution in [0.2, 0.25) is 0 Å². The summed E-state index contributed by atoms with van der Waals surface area (Å²) < 4.78 is 5.34. The van der Waals surface area contributed by atoms with E-state index in [-0.39, 0.29) is 5.91 Å². The number of rotatable bonds is 6. The Kier molecular flexibility index (Phi) is 5.60. The molecule has 0 unspecified atom stereocenters. The summed E-state index contributed by atoms with van der Waals surface area (Å²) in [6.45, 7) is 3.28. The maximum absolute atomic E-state index is 12.0. The molecule has 2 aromatic heterocycles. The summed E-state index contributed by atoms with van der Waals surface area (Å²) in [4.78, 5) is 19.9. The summed E-state index contributed by atoms with van der Waals surface area (Å²) in [6.07, 6.45) is 4.14. The van der Waals surface area contributed by atoms with Crippen molar-refractivity contribution in [2.75, 3.05) is 36.5 Å². The SMILES string of the molecule is O=C(CCCc1cccs1)Nc1ccc(N2CCOCC2)cn1. The molecule has 0 aromatic carbocycles. The van der Waals surface area contributed by atoms with Crippen LogP contribution in [0.1, 0.15) is 17.7 Å². The summed E-state index contributed by atoms with van der Waals surface area (Å²) in [5, 5.41) is 4.93. The van der Waals surface area contributed by atoms with Crippen molar-refractivity contribution in [3.8, 4) is 0 Å². The van der Waals surface area contributed by atoms with Gasteiger partial charge in [0.15, 0.2) is 0 Å². The first-order valence-corrected chi connectivity index (χ1v) is 8.80. The quantitative estimate of drug-likeness (QED) is 0.884. The number of amides is 1. The highest BCUT2D eigenvalue weighted by atomic mass is 32.1. The lowest BCUT2D eigenvalue weighted by atomic mass is 10.2. The van der Waals surface area contributed by atoms with Crippen LogP contribution in [-0.2, 0) is 16.0 Å². The van der Waals surface area contributed by atoms with Crippen LogP contribution in [0.5, 0.6) is 0 Å². The fraction of sp³-hybridized carbons (Fsp3) is 0.412. The molecule has 23 heavy (non-hydrogen) atoms. The van der Waals surface area contributed by atoms with E-state index < -0.39 is 0 Å². The zero-order chi connectivity index (χ0) is 15.9. The van der Waals surface area contributed by atoms with E-state index in [0.29, 0.717) is 12.2 Å². The van der Waals surface area contributed by atoms with E-state index in [1.807, 2.05) is 24.4 Å². The molecule has 1 N–H and O–H groups in total. The number of aryl methyl sites for hydroxylation is 1. The van der Waals surface area contributed by atoms with Crippen molar-refractivity contribution in [3.05, 3.63) is 40.7 Å². The molecule has 1 amide bonds. The van der Waals surface area contributed by atoms with Crippen LogP contribution in [0.4, 0.5) is 11.5 Å². The summed E-state index contributed by atoms with van der Waals surface area (Å²) in [6, 6.07) is 8.01. The highest BCUT2D eigenvalue weighted by Crippen LogP contribution is 2.17. The van der Waals surface area contributed by atoms with Gasteiger partial charge in [0.1, 0.15) is 5.82 Å². The van der Waals surface area contributed by atoms with Crippen LogP contribution in [0, 0.1) is 0 Å². The van der Waals surface area contributed by atoms with Crippen molar-refractivity contribution < 1.29 is 9.53 Å². The normalized spacial score (nSPS) is 14.7. The average Bonchev–Trinajstić information content (AvgIpc) is 3.10. The smallest absolute Gasteiger partial charge is 0.225 e. The number of hydrogen-bond acceptors (Lipinski definition) is 5. The molecule has 122 valence electrons. The number of morpholine rings is 1. The molecule has 5 nitrogen and oxygen atoms in total. The lowest BCUT2D eigenvalue weighted by Gasteiger charge is -2.28. The third-order valence-corrected chi connectivity index (χ3v) is 4.73. The zero-order valence-corrected chi connectivity index (χ0v) is 13.8. The standard InChI is InChI=1S/C17H21N3O2S/c21-17(5-1-3-15-4-2-12-23-15)19-16-7-6-14(13-18-16)20-8-10-22-11-9-20/h2,4,6-7,12-13H,1,3,5,8-11H2,(H,18,19,21). The van der Waals surface area contributed by atoms with E-state index in [4.69, 9.17) is 4.74 Å². The molecular weight excluding hydrogens is 310 g/mol. The summed E-state index contributed by atoms with van der Waals surface area (Å²) in [5.74, 6) is 0.635. The molecule has 1 aliphatic rings. The van der Waals surface area contributed by atoms with Gasteiger partial charge in [0.2, 0.25) is 5.91 Å². The molecule has 1 fully saturated rings. The van der Waals surface area contributed by atoms with Gasteiger partial charge in [-0.15, -0.1) is 11.3 Å². The first-order chi connectivity index (χ1) is 11.3. The minimum atomic E-state index is 0.0215. The third-order valence-electron chi connectivity index (χ3n) is 3.80. The van der Waals surface area contributed by atoms with Crippen LogP contribution in [-0.4, -0.2) is 37.2 Å². The molecule has 0 spiro atoms. The van der Waals surface area contributed by atoms with Gasteiger partial charge in [-0.1, -0.05) is 6.07 Å². The molecule has 2 aromatic rings. The lowest BCUT2D eigenvalue weighted by molar-refractivity contribution is -0.116. The summed E-state index contributed by atoms with van der Waals surface area (Å²) >= 11 is 1.74. The number of nitrogens with zero attached hydrogens (tertiary/aromatic N) is 2. The first-order valence-electron chi connectivity index (χ1n) is 7.92. The van der Waals surface area contributed by atoms with Crippen LogP contribution >= 0.6 is 11.3 Å². The number of carbonyl (C=O) groups is 1. The van der Waals surface area contributed by atoms with E-state index in [2.05, 4.69) is 26.6 Å². The Morgan fingerprint density at radius 1 is 1.30 bits per heavy atom. The number of ether oxygens (including phenoxy) is 1. The predicted molar refractivity (Wildman–Crippen MR) is 93.2 cm³/mol. The molecule has 3 rings (SSSR count). The Bertz CT molecular complexity index is 607. The first kappa shape index (κ1) is 16.0. The van der Waals surface area contributed by atoms with Gasteiger partial charge < -0.3 is 15.0 Å². The van der Waals surface area contributed by atoms with Crippen molar-refractivity contribution in [2.45, 2.75) is 19.3 Å². The Balaban J connectivity index is 1.44. The number of aromatic nitrogens is 1. The Morgan fingerprint density at radius 3 is 2.87 bits per heavy atom. The van der Waals surface area contributed by atoms with E-state index in [9.17, 15) is 4.79 Å². The number of thiophene rings is 1. The van der Waals surface area contributed by atoms with Crippen LogP contribution in [0.3, 0.4) is 0 Å². The second-order valence-electron chi connectivity index (χ2n) is 5.48. The Morgan fingerprint density at radius 2 is 2.17 bits per heavy atom. The fourth-order valence-corrected chi connectivity index (χ4v) is 3.30. The predicted octanol–water partition coefficient (Wildman–Crippen LogP) is 2.94. The maximum atomic E-state index is 12.0. The van der Waals surface area contributed by atoms with Gasteiger partial charge in [0, 0.05) is 24.4 Å². The maximum Gasteiger partial charge on any atom is 0.225 e. The van der Waals surface area contributed by atoms with Crippen molar-refractivity contribution in [1.82, 2.24) is 4.98 Å². The van der Waals surface area contributed by atoms with E-state index >= 15 is 0 Å². The van der Waals surface area contributed by atoms with Crippen LogP contribution in [0.25, 0.3) is 0 Å². The molecule has 0 bridgehead atoms. The van der Waals surface area contributed by atoms with E-state index in [1.165, 1.54) is 4.88 Å². The largest absolute Gasteiger partial charge is 0.378 e. The molecule has 3 heterocycles. The number of anilines is 2. The zero-order valence-electron chi connectivity index (χ0n) is 13.0. The number of nitrogens with one attached hydrogen (secondary N) is 1. The average molecular weight is 331 g/mol. The summed E-state index contributed by atoms with van der Waals surface area (Å²) in [7, 11) is 0. The molecule has 0 radical (unpaired) electrons. The minimum Gasteiger partial charge on any atom is -0.378 e. The molecule has 0 aliphatic carbocycles. The Hall–Kier alpha value is -1.92. The Labute approximate surface area is 140 Å². The molecule has 0 atom stereocenters. The topological polar surface area (TPSA) is 54.5 Å². The highest BCUT2D eigenvalue weighted by molar-refractivity contribution is 7.09. The number of pyridine rings is 1. The fourth-order valence-electron chi connectivity index (χ4n) is 2.55. The minimum absolute atomic E-state index is 0.0215. The van der Waals surface area contributed by atoms with Crippen molar-refractivity contribution in [1.29, 1.82) is 0 Å². The van der Waals surface area contributed by atoms with Gasteiger partial charge in [-0.2, -0.15) is 0 Å². The van der Waals surface area contributed by atoms with Gasteiger partial charge in [-0.25, -0.2) is 4.98 Å². The van der Waals surface area contributed by atoms with E-state index in [0.717, 1.165) is 44.8 Å². The highest BCUT2D eigenvalue weighted by Gasteiger charge is 2.11. The van der Waals surface area contributed by atoms with Gasteiger partial charge in [0.05, 0.1) is 25.1 Å². The molecule has 1 saturated heterocycles.